The molecule has 2 heterocycles. The van der Waals surface area contributed by atoms with Gasteiger partial charge in [0, 0.05) is 18.6 Å². The predicted molar refractivity (Wildman–Crippen MR) is 88.3 cm³/mol. The van der Waals surface area contributed by atoms with Crippen LogP contribution in [0.3, 0.4) is 0 Å². The second-order valence-corrected chi connectivity index (χ2v) is 5.66. The lowest BCUT2D eigenvalue weighted by Gasteiger charge is -2.16. The van der Waals surface area contributed by atoms with Gasteiger partial charge in [-0.1, -0.05) is 12.1 Å². The van der Waals surface area contributed by atoms with E-state index in [2.05, 4.69) is 16.0 Å². The molecule has 112 valence electrons. The minimum absolute atomic E-state index is 0. The smallest absolute Gasteiger partial charge is 0.170 e. The number of aromatic nitrogens is 2. The molecule has 1 saturated carbocycles. The summed E-state index contributed by atoms with van der Waals surface area (Å²) in [5.41, 5.74) is 1.90. The van der Waals surface area contributed by atoms with Gasteiger partial charge in [0.05, 0.1) is 11.0 Å². The molecule has 21 heavy (non-hydrogen) atoms. The highest BCUT2D eigenvalue weighted by Crippen LogP contribution is 2.29. The van der Waals surface area contributed by atoms with Gasteiger partial charge < -0.3 is 16.0 Å². The second-order valence-electron chi connectivity index (χ2n) is 5.66. The lowest BCUT2D eigenvalue weighted by Crippen LogP contribution is -2.24. The van der Waals surface area contributed by atoms with Crippen LogP contribution in [0.5, 0.6) is 0 Å². The molecule has 1 aliphatic heterocycles. The Morgan fingerprint density at radius 2 is 1.52 bits per heavy atom. The molecular formula is C15H20ClN5. The van der Waals surface area contributed by atoms with Gasteiger partial charge in [-0.2, -0.15) is 0 Å². The van der Waals surface area contributed by atoms with Crippen molar-refractivity contribution in [2.45, 2.75) is 31.3 Å². The standard InChI is InChI=1S/C15H19N5.ClH/c1-2-4-13-12(3-1)19-14(17-10-5-6-10)15(20-13)18-11-7-8-16-9-11;/h1-4,10-11,16H,5-9H2,(H,17,19)(H,18,20);1H/t11-;/m1./s1. The van der Waals surface area contributed by atoms with Gasteiger partial charge in [-0.05, 0) is 37.9 Å². The number of halogens is 1. The highest BCUT2D eigenvalue weighted by molar-refractivity contribution is 5.85. The maximum atomic E-state index is 4.76. The minimum Gasteiger partial charge on any atom is -0.364 e. The Morgan fingerprint density at radius 1 is 0.905 bits per heavy atom. The van der Waals surface area contributed by atoms with Crippen molar-refractivity contribution in [2.24, 2.45) is 0 Å². The highest BCUT2D eigenvalue weighted by Gasteiger charge is 2.24. The van der Waals surface area contributed by atoms with Crippen molar-refractivity contribution in [3.05, 3.63) is 24.3 Å². The van der Waals surface area contributed by atoms with Crippen LogP contribution < -0.4 is 16.0 Å². The lowest BCUT2D eigenvalue weighted by molar-refractivity contribution is 0.788. The molecule has 2 aliphatic rings. The number of fused-ring (bicyclic) bond motifs is 1. The van der Waals surface area contributed by atoms with Gasteiger partial charge in [-0.15, -0.1) is 12.4 Å². The molecule has 0 amide bonds. The zero-order valence-corrected chi connectivity index (χ0v) is 12.6. The van der Waals surface area contributed by atoms with Gasteiger partial charge in [0.25, 0.3) is 0 Å². The molecular weight excluding hydrogens is 286 g/mol. The molecule has 1 saturated heterocycles. The lowest BCUT2D eigenvalue weighted by atomic mass is 10.2. The summed E-state index contributed by atoms with van der Waals surface area (Å²) in [6.45, 7) is 2.07. The molecule has 1 aliphatic carbocycles. The summed E-state index contributed by atoms with van der Waals surface area (Å²) in [6.07, 6.45) is 3.61. The monoisotopic (exact) mass is 305 g/mol. The van der Waals surface area contributed by atoms with E-state index in [9.17, 15) is 0 Å². The van der Waals surface area contributed by atoms with E-state index >= 15 is 0 Å². The quantitative estimate of drug-likeness (QED) is 0.809. The Bertz CT molecular complexity index is 622. The predicted octanol–water partition coefficient (Wildman–Crippen LogP) is 2.40. The first kappa shape index (κ1) is 14.4. The van der Waals surface area contributed by atoms with Crippen molar-refractivity contribution < 1.29 is 0 Å². The summed E-state index contributed by atoms with van der Waals surface area (Å²) in [6, 6.07) is 9.07. The molecule has 6 heteroatoms. The molecule has 1 atom stereocenters. The third-order valence-corrected chi connectivity index (χ3v) is 3.89. The summed E-state index contributed by atoms with van der Waals surface area (Å²) >= 11 is 0. The van der Waals surface area contributed by atoms with Crippen LogP contribution in [-0.4, -0.2) is 35.1 Å². The van der Waals surface area contributed by atoms with Crippen molar-refractivity contribution in [1.82, 2.24) is 15.3 Å². The number of nitrogens with one attached hydrogen (secondary N) is 3. The number of hydrogen-bond acceptors (Lipinski definition) is 5. The van der Waals surface area contributed by atoms with Crippen LogP contribution in [0.25, 0.3) is 11.0 Å². The van der Waals surface area contributed by atoms with E-state index in [1.807, 2.05) is 24.3 Å². The number of rotatable bonds is 4. The zero-order valence-electron chi connectivity index (χ0n) is 11.8. The Labute approximate surface area is 130 Å². The maximum Gasteiger partial charge on any atom is 0.170 e. The van der Waals surface area contributed by atoms with E-state index in [1.54, 1.807) is 0 Å². The van der Waals surface area contributed by atoms with Crippen molar-refractivity contribution >= 4 is 35.1 Å². The molecule has 0 spiro atoms. The molecule has 0 radical (unpaired) electrons. The normalized spacial score (nSPS) is 21.0. The fraction of sp³-hybridized carbons (Fsp3) is 0.467. The first-order chi connectivity index (χ1) is 9.88. The average molecular weight is 306 g/mol. The largest absolute Gasteiger partial charge is 0.364 e. The zero-order chi connectivity index (χ0) is 13.4. The first-order valence-electron chi connectivity index (χ1n) is 7.39. The number of hydrogen-bond donors (Lipinski definition) is 3. The Balaban J connectivity index is 0.00000132. The Kier molecular flexibility index (Phi) is 4.12. The highest BCUT2D eigenvalue weighted by atomic mass is 35.5. The average Bonchev–Trinajstić information content (AvgIpc) is 3.13. The van der Waals surface area contributed by atoms with Crippen LogP contribution in [0.1, 0.15) is 19.3 Å². The van der Waals surface area contributed by atoms with Gasteiger partial charge in [-0.25, -0.2) is 9.97 Å². The topological polar surface area (TPSA) is 61.9 Å². The third-order valence-electron chi connectivity index (χ3n) is 3.89. The van der Waals surface area contributed by atoms with Gasteiger partial charge >= 0.3 is 0 Å². The van der Waals surface area contributed by atoms with Crippen LogP contribution in [0.4, 0.5) is 11.6 Å². The molecule has 0 bridgehead atoms. The van der Waals surface area contributed by atoms with E-state index < -0.39 is 0 Å². The van der Waals surface area contributed by atoms with Crippen LogP contribution in [0.15, 0.2) is 24.3 Å². The van der Waals surface area contributed by atoms with E-state index in [0.717, 1.165) is 42.2 Å². The van der Waals surface area contributed by atoms with Crippen LogP contribution in [0.2, 0.25) is 0 Å². The Hall–Kier alpha value is -1.59. The maximum absolute atomic E-state index is 4.76. The molecule has 5 nitrogen and oxygen atoms in total. The summed E-state index contributed by atoms with van der Waals surface area (Å²) in [5.74, 6) is 1.79. The molecule has 2 fully saturated rings. The van der Waals surface area contributed by atoms with E-state index in [0.29, 0.717) is 12.1 Å². The van der Waals surface area contributed by atoms with Crippen molar-refractivity contribution in [2.75, 3.05) is 23.7 Å². The van der Waals surface area contributed by atoms with Crippen LogP contribution in [0, 0.1) is 0 Å². The second kappa shape index (κ2) is 6.03. The molecule has 3 N–H and O–H groups in total. The summed E-state index contributed by atoms with van der Waals surface area (Å²) < 4.78 is 0. The minimum atomic E-state index is 0. The molecule has 4 rings (SSSR count). The Morgan fingerprint density at radius 3 is 2.05 bits per heavy atom. The summed E-state index contributed by atoms with van der Waals surface area (Å²) in [4.78, 5) is 9.50. The molecule has 1 aromatic heterocycles. The SMILES string of the molecule is Cl.c1ccc2nc(N[C@@H]3CCNC3)c(NC3CC3)nc2c1. The number of anilines is 2. The van der Waals surface area contributed by atoms with Gasteiger partial charge in [0.15, 0.2) is 11.6 Å². The molecule has 2 aromatic rings. The fourth-order valence-corrected chi connectivity index (χ4v) is 2.59. The van der Waals surface area contributed by atoms with E-state index in [-0.39, 0.29) is 12.4 Å². The first-order valence-corrected chi connectivity index (χ1v) is 7.39. The van der Waals surface area contributed by atoms with E-state index in [4.69, 9.17) is 9.97 Å². The van der Waals surface area contributed by atoms with Crippen LogP contribution in [-0.2, 0) is 0 Å². The molecule has 0 unspecified atom stereocenters. The van der Waals surface area contributed by atoms with Crippen molar-refractivity contribution in [3.8, 4) is 0 Å². The molecule has 1 aromatic carbocycles. The third kappa shape index (κ3) is 3.19. The van der Waals surface area contributed by atoms with Gasteiger partial charge in [-0.3, -0.25) is 0 Å². The van der Waals surface area contributed by atoms with E-state index in [1.165, 1.54) is 12.8 Å². The van der Waals surface area contributed by atoms with Gasteiger partial charge in [0.1, 0.15) is 0 Å². The van der Waals surface area contributed by atoms with Crippen molar-refractivity contribution in [1.29, 1.82) is 0 Å². The van der Waals surface area contributed by atoms with Crippen molar-refractivity contribution in [3.63, 3.8) is 0 Å². The number of nitrogens with zero attached hydrogens (tertiary/aromatic N) is 2. The summed E-state index contributed by atoms with van der Waals surface area (Å²) in [5, 5.41) is 10.4. The number of para-hydroxylation sites is 2. The van der Waals surface area contributed by atoms with Gasteiger partial charge in [0.2, 0.25) is 0 Å². The van der Waals surface area contributed by atoms with Crippen LogP contribution >= 0.6 is 12.4 Å². The fourth-order valence-electron chi connectivity index (χ4n) is 2.59. The number of benzene rings is 1. The summed E-state index contributed by atoms with van der Waals surface area (Å²) in [7, 11) is 0.